The number of ether oxygens (including phenoxy) is 1. The van der Waals surface area contributed by atoms with Crippen LogP contribution in [0.2, 0.25) is 0 Å². The zero-order valence-electron chi connectivity index (χ0n) is 18.7. The largest absolute Gasteiger partial charge is 0.497 e. The van der Waals surface area contributed by atoms with Gasteiger partial charge in [-0.25, -0.2) is 8.42 Å². The first kappa shape index (κ1) is 22.9. The van der Waals surface area contributed by atoms with Crippen LogP contribution < -0.4 is 10.1 Å². The molecule has 1 aliphatic rings. The number of nitrogens with zero attached hydrogens (tertiary/aromatic N) is 3. The number of benzene rings is 2. The summed E-state index contributed by atoms with van der Waals surface area (Å²) in [7, 11) is -2.18. The van der Waals surface area contributed by atoms with Crippen LogP contribution in [0.4, 0.5) is 5.69 Å². The molecule has 4 rings (SSSR count). The minimum atomic E-state index is -3.77. The van der Waals surface area contributed by atoms with Gasteiger partial charge in [-0.15, -0.1) is 0 Å². The minimum absolute atomic E-state index is 0.00752. The van der Waals surface area contributed by atoms with E-state index in [1.54, 1.807) is 25.3 Å². The predicted octanol–water partition coefficient (Wildman–Crippen LogP) is 3.58. The van der Waals surface area contributed by atoms with Crippen LogP contribution in [0.25, 0.3) is 11.5 Å². The summed E-state index contributed by atoms with van der Waals surface area (Å²) in [4.78, 5) is 16.2. The number of hydrogen-bond donors (Lipinski definition) is 1. The van der Waals surface area contributed by atoms with E-state index in [9.17, 15) is 13.2 Å². The van der Waals surface area contributed by atoms with Crippen molar-refractivity contribution in [3.8, 4) is 17.2 Å². The highest BCUT2D eigenvalue weighted by Crippen LogP contribution is 2.33. The van der Waals surface area contributed by atoms with E-state index in [0.29, 0.717) is 43.4 Å². The number of nitrogens with one attached hydrogen (secondary N) is 1. The van der Waals surface area contributed by atoms with Gasteiger partial charge < -0.3 is 14.6 Å². The molecule has 1 aliphatic heterocycles. The van der Waals surface area contributed by atoms with Gasteiger partial charge in [-0.2, -0.15) is 9.29 Å². The lowest BCUT2D eigenvalue weighted by atomic mass is 9.97. The third kappa shape index (κ3) is 4.91. The van der Waals surface area contributed by atoms with Crippen LogP contribution in [0.3, 0.4) is 0 Å². The molecule has 174 valence electrons. The normalized spacial score (nSPS) is 15.4. The Morgan fingerprint density at radius 2 is 1.94 bits per heavy atom. The maximum atomic E-state index is 13.3. The number of sulfonamides is 1. The van der Waals surface area contributed by atoms with Gasteiger partial charge in [0.1, 0.15) is 10.6 Å². The molecule has 0 radical (unpaired) electrons. The third-order valence-corrected chi connectivity index (χ3v) is 7.58. The Labute approximate surface area is 192 Å². The standard InChI is InChI=1S/C23H26N4O5S/c1-15-7-8-20(24-16(2)28)21(13-15)33(29,30)27-11-9-17(10-12-27)22-25-23(32-26-22)18-5-4-6-19(14-18)31-3/h4-8,13-14,17H,9-12H2,1-3H3,(H,24,28). The average molecular weight is 471 g/mol. The van der Waals surface area contributed by atoms with Crippen molar-refractivity contribution in [1.29, 1.82) is 0 Å². The SMILES string of the molecule is COc1cccc(-c2nc(C3CCN(S(=O)(=O)c4cc(C)ccc4NC(C)=O)CC3)no2)c1. The van der Waals surface area contributed by atoms with Crippen molar-refractivity contribution in [2.24, 2.45) is 0 Å². The quantitative estimate of drug-likeness (QED) is 0.585. The van der Waals surface area contributed by atoms with Crippen LogP contribution >= 0.6 is 0 Å². The first-order valence-electron chi connectivity index (χ1n) is 10.6. The number of anilines is 1. The maximum absolute atomic E-state index is 13.3. The van der Waals surface area contributed by atoms with Crippen LogP contribution in [0.1, 0.15) is 37.1 Å². The summed E-state index contributed by atoms with van der Waals surface area (Å²) in [5, 5.41) is 6.75. The van der Waals surface area contributed by atoms with E-state index in [1.165, 1.54) is 11.2 Å². The molecule has 1 amide bonds. The van der Waals surface area contributed by atoms with Gasteiger partial charge in [0.25, 0.3) is 5.89 Å². The molecule has 3 aromatic rings. The average Bonchev–Trinajstić information content (AvgIpc) is 3.30. The van der Waals surface area contributed by atoms with Gasteiger partial charge in [0.05, 0.1) is 12.8 Å². The van der Waals surface area contributed by atoms with E-state index >= 15 is 0 Å². The number of carbonyl (C=O) groups excluding carboxylic acids is 1. The number of amides is 1. The van der Waals surface area contributed by atoms with E-state index < -0.39 is 10.0 Å². The number of methoxy groups -OCH3 is 1. The summed E-state index contributed by atoms with van der Waals surface area (Å²) in [6, 6.07) is 12.4. The molecule has 0 bridgehead atoms. The van der Waals surface area contributed by atoms with Gasteiger partial charge in [-0.1, -0.05) is 17.3 Å². The molecule has 0 unspecified atom stereocenters. The van der Waals surface area contributed by atoms with Gasteiger partial charge in [-0.05, 0) is 55.7 Å². The van der Waals surface area contributed by atoms with E-state index in [-0.39, 0.29) is 22.4 Å². The summed E-state index contributed by atoms with van der Waals surface area (Å²) in [5.41, 5.74) is 1.85. The van der Waals surface area contributed by atoms with Gasteiger partial charge in [0.2, 0.25) is 15.9 Å². The predicted molar refractivity (Wildman–Crippen MR) is 123 cm³/mol. The second-order valence-electron chi connectivity index (χ2n) is 8.05. The van der Waals surface area contributed by atoms with E-state index in [2.05, 4.69) is 15.5 Å². The van der Waals surface area contributed by atoms with Crippen molar-refractivity contribution in [2.75, 3.05) is 25.5 Å². The van der Waals surface area contributed by atoms with Crippen molar-refractivity contribution >= 4 is 21.6 Å². The lowest BCUT2D eigenvalue weighted by Crippen LogP contribution is -2.38. The van der Waals surface area contributed by atoms with Gasteiger partial charge in [0, 0.05) is 31.5 Å². The summed E-state index contributed by atoms with van der Waals surface area (Å²) in [6.45, 7) is 3.82. The second-order valence-corrected chi connectivity index (χ2v) is 9.96. The highest BCUT2D eigenvalue weighted by Gasteiger charge is 2.33. The highest BCUT2D eigenvalue weighted by atomic mass is 32.2. The van der Waals surface area contributed by atoms with Gasteiger partial charge in [-0.3, -0.25) is 4.79 Å². The maximum Gasteiger partial charge on any atom is 0.258 e. The van der Waals surface area contributed by atoms with Gasteiger partial charge >= 0.3 is 0 Å². The zero-order valence-corrected chi connectivity index (χ0v) is 19.6. The topological polar surface area (TPSA) is 115 Å². The fourth-order valence-electron chi connectivity index (χ4n) is 3.90. The molecule has 9 nitrogen and oxygen atoms in total. The number of aromatic nitrogens is 2. The number of rotatable bonds is 6. The monoisotopic (exact) mass is 470 g/mol. The Morgan fingerprint density at radius 1 is 1.18 bits per heavy atom. The molecule has 0 spiro atoms. The van der Waals surface area contributed by atoms with Crippen molar-refractivity contribution in [3.05, 3.63) is 53.9 Å². The first-order valence-corrected chi connectivity index (χ1v) is 12.1. The molecule has 10 heteroatoms. The van der Waals surface area contributed by atoms with Crippen LogP contribution in [0.5, 0.6) is 5.75 Å². The molecule has 0 aliphatic carbocycles. The fourth-order valence-corrected chi connectivity index (χ4v) is 5.60. The summed E-state index contributed by atoms with van der Waals surface area (Å²) < 4.78 is 38.8. The Balaban J connectivity index is 1.49. The van der Waals surface area contributed by atoms with Crippen molar-refractivity contribution in [2.45, 2.75) is 37.5 Å². The molecule has 1 N–H and O–H groups in total. The summed E-state index contributed by atoms with van der Waals surface area (Å²) in [5.74, 6) is 1.34. The highest BCUT2D eigenvalue weighted by molar-refractivity contribution is 7.89. The molecule has 2 aromatic carbocycles. The smallest absolute Gasteiger partial charge is 0.258 e. The molecule has 0 atom stereocenters. The van der Waals surface area contributed by atoms with E-state index in [0.717, 1.165) is 11.1 Å². The molecule has 0 saturated carbocycles. The Morgan fingerprint density at radius 3 is 2.64 bits per heavy atom. The number of piperidine rings is 1. The third-order valence-electron chi connectivity index (χ3n) is 5.64. The number of aryl methyl sites for hydroxylation is 1. The number of carbonyl (C=O) groups is 1. The van der Waals surface area contributed by atoms with Crippen molar-refractivity contribution < 1.29 is 22.5 Å². The van der Waals surface area contributed by atoms with Crippen LogP contribution in [0, 0.1) is 6.92 Å². The molecule has 1 aromatic heterocycles. The Bertz CT molecular complexity index is 1260. The van der Waals surface area contributed by atoms with Crippen LogP contribution in [-0.4, -0.2) is 49.0 Å². The van der Waals surface area contributed by atoms with E-state index in [1.807, 2.05) is 31.2 Å². The Hall–Kier alpha value is -3.24. The Kier molecular flexibility index (Phi) is 6.48. The summed E-state index contributed by atoms with van der Waals surface area (Å²) >= 11 is 0. The lowest BCUT2D eigenvalue weighted by Gasteiger charge is -2.30. The molecular formula is C23H26N4O5S. The molecule has 33 heavy (non-hydrogen) atoms. The summed E-state index contributed by atoms with van der Waals surface area (Å²) in [6.07, 6.45) is 1.13. The lowest BCUT2D eigenvalue weighted by molar-refractivity contribution is -0.114. The molecule has 1 saturated heterocycles. The zero-order chi connectivity index (χ0) is 23.6. The molecular weight excluding hydrogens is 444 g/mol. The van der Waals surface area contributed by atoms with Crippen LogP contribution in [-0.2, 0) is 14.8 Å². The van der Waals surface area contributed by atoms with E-state index in [4.69, 9.17) is 9.26 Å². The van der Waals surface area contributed by atoms with Gasteiger partial charge in [0.15, 0.2) is 5.82 Å². The minimum Gasteiger partial charge on any atom is -0.497 e. The first-order chi connectivity index (χ1) is 15.8. The number of hydrogen-bond acceptors (Lipinski definition) is 7. The second kappa shape index (κ2) is 9.32. The van der Waals surface area contributed by atoms with Crippen molar-refractivity contribution in [1.82, 2.24) is 14.4 Å². The molecule has 2 heterocycles. The fraction of sp³-hybridized carbons (Fsp3) is 0.348. The molecule has 1 fully saturated rings. The van der Waals surface area contributed by atoms with Crippen LogP contribution in [0.15, 0.2) is 51.9 Å². The van der Waals surface area contributed by atoms with Crippen molar-refractivity contribution in [3.63, 3.8) is 0 Å².